The van der Waals surface area contributed by atoms with Crippen LogP contribution in [0, 0.1) is 0 Å². The van der Waals surface area contributed by atoms with E-state index < -0.39 is 5.41 Å². The molecule has 0 saturated carbocycles. The first-order valence-electron chi connectivity index (χ1n) is 6.13. The van der Waals surface area contributed by atoms with Crippen LogP contribution in [-0.2, 0) is 14.9 Å². The number of pyridine rings is 1. The lowest BCUT2D eigenvalue weighted by atomic mass is 9.76. The summed E-state index contributed by atoms with van der Waals surface area (Å²) in [5.41, 5.74) is 5.52. The number of hydrogen-bond donors (Lipinski definition) is 3. The molecule has 6 nitrogen and oxygen atoms in total. The van der Waals surface area contributed by atoms with Gasteiger partial charge in [0.2, 0.25) is 5.91 Å². The Morgan fingerprint density at radius 1 is 1.38 bits per heavy atom. The summed E-state index contributed by atoms with van der Waals surface area (Å²) in [7, 11) is 1.66. The van der Waals surface area contributed by atoms with E-state index in [0.717, 1.165) is 5.56 Å². The molecule has 1 fully saturated rings. The number of ether oxygens (including phenoxy) is 1. The number of hydrogen-bond acceptors (Lipinski definition) is 4. The zero-order valence-electron chi connectivity index (χ0n) is 11.2. The minimum absolute atomic E-state index is 0.208. The van der Waals surface area contributed by atoms with Crippen molar-refractivity contribution in [2.45, 2.75) is 11.8 Å². The Bertz CT molecular complexity index is 546. The molecule has 1 aliphatic rings. The Morgan fingerprint density at radius 3 is 2.48 bits per heavy atom. The van der Waals surface area contributed by atoms with Gasteiger partial charge in [0.05, 0.1) is 18.6 Å². The molecule has 0 unspecified atom stereocenters. The molecule has 1 aromatic heterocycles. The molecule has 0 bridgehead atoms. The average Bonchev–Trinajstić information content (AvgIpc) is 2.39. The summed E-state index contributed by atoms with van der Waals surface area (Å²) < 4.78 is 5.27. The van der Waals surface area contributed by atoms with E-state index in [-0.39, 0.29) is 12.3 Å². The Hall–Kier alpha value is -1.15. The fraction of sp³-hybridized carbons (Fsp3) is 0.417. The smallest absolute Gasteiger partial charge is 0.239 e. The largest absolute Gasteiger partial charge is 0.379 e. The normalized spacial score (nSPS) is 15.8. The lowest BCUT2D eigenvalue weighted by Gasteiger charge is -2.41. The molecule has 0 atom stereocenters. The van der Waals surface area contributed by atoms with Crippen LogP contribution < -0.4 is 16.2 Å². The number of carbonyl (C=O) groups is 1. The van der Waals surface area contributed by atoms with Gasteiger partial charge >= 0.3 is 0 Å². The third kappa shape index (κ3) is 3.94. The fourth-order valence-corrected chi connectivity index (χ4v) is 2.54. The summed E-state index contributed by atoms with van der Waals surface area (Å²) in [6.45, 7) is 0.848. The van der Waals surface area contributed by atoms with Crippen molar-refractivity contribution in [1.82, 2.24) is 21.2 Å². The van der Waals surface area contributed by atoms with Gasteiger partial charge in [0.25, 0.3) is 0 Å². The monoisotopic (exact) mass is 348 g/mol. The van der Waals surface area contributed by atoms with E-state index in [1.54, 1.807) is 19.2 Å². The van der Waals surface area contributed by atoms with Gasteiger partial charge in [0.15, 0.2) is 5.11 Å². The maximum Gasteiger partial charge on any atom is 0.239 e. The molecule has 2 heterocycles. The van der Waals surface area contributed by atoms with Crippen LogP contribution in [0.4, 0.5) is 0 Å². The number of carbonyl (C=O) groups excluding carboxylic acids is 1. The van der Waals surface area contributed by atoms with Gasteiger partial charge in [-0.3, -0.25) is 15.6 Å². The van der Waals surface area contributed by atoms with E-state index in [9.17, 15) is 4.79 Å². The van der Waals surface area contributed by atoms with E-state index in [4.69, 9.17) is 40.2 Å². The number of nitrogens with one attached hydrogen (secondary N) is 3. The molecule has 1 aromatic rings. The van der Waals surface area contributed by atoms with Crippen molar-refractivity contribution >= 4 is 46.4 Å². The number of amides is 1. The molecular formula is C12H14Cl2N4O2S. The second kappa shape index (κ2) is 6.74. The number of nitrogens with zero attached hydrogens (tertiary/aromatic N) is 1. The van der Waals surface area contributed by atoms with E-state index >= 15 is 0 Å². The van der Waals surface area contributed by atoms with Crippen molar-refractivity contribution in [2.75, 3.05) is 20.3 Å². The Labute approximate surface area is 137 Å². The SMILES string of the molecule is CNC(=S)NNC(=O)CC1(c2cc(Cl)nc(Cl)c2)COC1. The van der Waals surface area contributed by atoms with Crippen LogP contribution >= 0.6 is 35.4 Å². The Kier molecular flexibility index (Phi) is 5.21. The second-order valence-electron chi connectivity index (χ2n) is 4.70. The number of hydrazine groups is 1. The van der Waals surface area contributed by atoms with Crippen molar-refractivity contribution in [3.05, 3.63) is 28.0 Å². The summed E-state index contributed by atoms with van der Waals surface area (Å²) in [5, 5.41) is 3.61. The van der Waals surface area contributed by atoms with Crippen LogP contribution in [0.25, 0.3) is 0 Å². The molecule has 9 heteroatoms. The van der Waals surface area contributed by atoms with Gasteiger partial charge < -0.3 is 10.1 Å². The van der Waals surface area contributed by atoms with Gasteiger partial charge in [-0.2, -0.15) is 0 Å². The molecule has 0 aromatic carbocycles. The minimum Gasteiger partial charge on any atom is -0.379 e. The van der Waals surface area contributed by atoms with Gasteiger partial charge in [-0.1, -0.05) is 23.2 Å². The number of halogens is 2. The second-order valence-corrected chi connectivity index (χ2v) is 5.89. The summed E-state index contributed by atoms with van der Waals surface area (Å²) in [4.78, 5) is 15.9. The molecule has 0 aliphatic carbocycles. The van der Waals surface area contributed by atoms with Gasteiger partial charge in [-0.15, -0.1) is 0 Å². The summed E-state index contributed by atoms with van der Waals surface area (Å²) in [6.07, 6.45) is 0.225. The van der Waals surface area contributed by atoms with E-state index in [1.807, 2.05) is 0 Å². The molecule has 0 radical (unpaired) electrons. The van der Waals surface area contributed by atoms with Crippen LogP contribution in [0.5, 0.6) is 0 Å². The summed E-state index contributed by atoms with van der Waals surface area (Å²) >= 11 is 16.7. The first-order valence-corrected chi connectivity index (χ1v) is 7.29. The highest BCUT2D eigenvalue weighted by Crippen LogP contribution is 2.37. The predicted octanol–water partition coefficient (Wildman–Crippen LogP) is 1.17. The highest BCUT2D eigenvalue weighted by atomic mass is 35.5. The maximum atomic E-state index is 12.0. The van der Waals surface area contributed by atoms with Crippen molar-refractivity contribution < 1.29 is 9.53 Å². The van der Waals surface area contributed by atoms with E-state index in [1.165, 1.54) is 0 Å². The summed E-state index contributed by atoms with van der Waals surface area (Å²) in [6, 6.07) is 3.41. The quantitative estimate of drug-likeness (QED) is 0.432. The lowest BCUT2D eigenvalue weighted by molar-refractivity contribution is -0.130. The Morgan fingerprint density at radius 2 is 2.00 bits per heavy atom. The van der Waals surface area contributed by atoms with Crippen molar-refractivity contribution in [3.8, 4) is 0 Å². The third-order valence-electron chi connectivity index (χ3n) is 3.17. The fourth-order valence-electron chi connectivity index (χ4n) is 2.03. The van der Waals surface area contributed by atoms with Gasteiger partial charge in [0.1, 0.15) is 10.3 Å². The molecule has 0 spiro atoms. The highest BCUT2D eigenvalue weighted by molar-refractivity contribution is 7.80. The van der Waals surface area contributed by atoms with E-state index in [2.05, 4.69) is 21.2 Å². The lowest BCUT2D eigenvalue weighted by Crippen LogP contribution is -2.53. The van der Waals surface area contributed by atoms with Gasteiger partial charge in [0, 0.05) is 13.5 Å². The molecule has 1 aliphatic heterocycles. The number of rotatable bonds is 3. The zero-order valence-corrected chi connectivity index (χ0v) is 13.5. The van der Waals surface area contributed by atoms with Crippen molar-refractivity contribution in [2.24, 2.45) is 0 Å². The highest BCUT2D eigenvalue weighted by Gasteiger charge is 2.42. The molecule has 114 valence electrons. The van der Waals surface area contributed by atoms with Crippen LogP contribution in [0.15, 0.2) is 12.1 Å². The molecule has 2 rings (SSSR count). The topological polar surface area (TPSA) is 75.3 Å². The zero-order chi connectivity index (χ0) is 15.5. The molecule has 1 saturated heterocycles. The van der Waals surface area contributed by atoms with Gasteiger partial charge in [-0.05, 0) is 29.9 Å². The number of thiocarbonyl (C=S) groups is 1. The van der Waals surface area contributed by atoms with Gasteiger partial charge in [-0.25, -0.2) is 4.98 Å². The first kappa shape index (κ1) is 16.2. The molecule has 1 amide bonds. The predicted molar refractivity (Wildman–Crippen MR) is 84.3 cm³/mol. The van der Waals surface area contributed by atoms with Crippen LogP contribution in [0.3, 0.4) is 0 Å². The Balaban J connectivity index is 2.07. The van der Waals surface area contributed by atoms with Crippen LogP contribution in [0.2, 0.25) is 10.3 Å². The van der Waals surface area contributed by atoms with Crippen LogP contribution in [-0.4, -0.2) is 36.3 Å². The standard InChI is InChI=1S/C12H14Cl2N4O2S/c1-15-11(21)18-17-10(19)4-12(5-20-6-12)7-2-8(13)16-9(14)3-7/h2-3H,4-6H2,1H3,(H,17,19)(H2,15,18,21). The van der Waals surface area contributed by atoms with Crippen molar-refractivity contribution in [3.63, 3.8) is 0 Å². The molecule has 3 N–H and O–H groups in total. The van der Waals surface area contributed by atoms with Crippen molar-refractivity contribution in [1.29, 1.82) is 0 Å². The minimum atomic E-state index is -0.441. The first-order chi connectivity index (χ1) is 9.95. The van der Waals surface area contributed by atoms with Crippen LogP contribution in [0.1, 0.15) is 12.0 Å². The average molecular weight is 349 g/mol. The van der Waals surface area contributed by atoms with E-state index in [0.29, 0.717) is 28.6 Å². The molecular weight excluding hydrogens is 335 g/mol. The maximum absolute atomic E-state index is 12.0. The third-order valence-corrected chi connectivity index (χ3v) is 3.87. The summed E-state index contributed by atoms with van der Waals surface area (Å²) in [5.74, 6) is -0.208. The molecule has 21 heavy (non-hydrogen) atoms. The number of aromatic nitrogens is 1.